The summed E-state index contributed by atoms with van der Waals surface area (Å²) in [5.41, 5.74) is 1.44. The molecule has 19 heavy (non-hydrogen) atoms. The van der Waals surface area contributed by atoms with Crippen LogP contribution in [0.4, 0.5) is 4.79 Å². The molecule has 1 unspecified atom stereocenters. The smallest absolute Gasteiger partial charge is 0.322 e. The highest BCUT2D eigenvalue weighted by Crippen LogP contribution is 2.40. The van der Waals surface area contributed by atoms with Crippen LogP contribution in [0.25, 0.3) is 0 Å². The lowest BCUT2D eigenvalue weighted by Crippen LogP contribution is -2.43. The predicted octanol–water partition coefficient (Wildman–Crippen LogP) is 2.83. The monoisotopic (exact) mass is 262 g/mol. The van der Waals surface area contributed by atoms with Gasteiger partial charge in [0.05, 0.1) is 0 Å². The first-order valence-electron chi connectivity index (χ1n) is 6.76. The van der Waals surface area contributed by atoms with Gasteiger partial charge in [-0.05, 0) is 17.6 Å². The molecule has 1 atom stereocenters. The number of imide groups is 1. The Morgan fingerprint density at radius 2 is 1.89 bits per heavy atom. The van der Waals surface area contributed by atoms with Crippen LogP contribution in [0.2, 0.25) is 0 Å². The van der Waals surface area contributed by atoms with Crippen LogP contribution in [-0.2, 0) is 4.79 Å². The molecule has 0 aromatic carbocycles. The van der Waals surface area contributed by atoms with Gasteiger partial charge in [-0.25, -0.2) is 4.79 Å². The fraction of sp³-hybridized carbons (Fsp3) is 0.467. The SMILES string of the molecule is C=C/C=C1/CC2(C/C1=C/CC)NC(=O)NC2=O.CC. The first-order chi connectivity index (χ1) is 9.11. The third-order valence-electron chi connectivity index (χ3n) is 3.18. The van der Waals surface area contributed by atoms with Gasteiger partial charge in [-0.1, -0.05) is 45.6 Å². The number of urea groups is 1. The summed E-state index contributed by atoms with van der Waals surface area (Å²) in [6.45, 7) is 9.73. The van der Waals surface area contributed by atoms with Crippen molar-refractivity contribution in [3.8, 4) is 0 Å². The van der Waals surface area contributed by atoms with Gasteiger partial charge >= 0.3 is 6.03 Å². The highest BCUT2D eigenvalue weighted by atomic mass is 16.2. The van der Waals surface area contributed by atoms with Crippen molar-refractivity contribution in [1.29, 1.82) is 0 Å². The molecule has 1 saturated carbocycles. The number of hydrogen-bond donors (Lipinski definition) is 2. The van der Waals surface area contributed by atoms with Crippen molar-refractivity contribution in [3.05, 3.63) is 36.0 Å². The Morgan fingerprint density at radius 1 is 1.26 bits per heavy atom. The summed E-state index contributed by atoms with van der Waals surface area (Å²) in [6.07, 6.45) is 7.75. The van der Waals surface area contributed by atoms with Gasteiger partial charge in [0, 0.05) is 12.8 Å². The zero-order chi connectivity index (χ0) is 14.5. The van der Waals surface area contributed by atoms with E-state index in [0.29, 0.717) is 12.8 Å². The summed E-state index contributed by atoms with van der Waals surface area (Å²) in [7, 11) is 0. The Hall–Kier alpha value is -1.84. The predicted molar refractivity (Wildman–Crippen MR) is 76.6 cm³/mol. The first kappa shape index (κ1) is 15.2. The molecule has 4 heteroatoms. The topological polar surface area (TPSA) is 58.2 Å². The summed E-state index contributed by atoms with van der Waals surface area (Å²) in [4.78, 5) is 23.1. The van der Waals surface area contributed by atoms with Crippen LogP contribution in [0.15, 0.2) is 36.0 Å². The van der Waals surface area contributed by atoms with E-state index in [-0.39, 0.29) is 5.91 Å². The maximum Gasteiger partial charge on any atom is 0.322 e. The molecule has 1 aliphatic heterocycles. The van der Waals surface area contributed by atoms with Crippen LogP contribution in [0.5, 0.6) is 0 Å². The molecule has 1 spiro atoms. The molecule has 4 nitrogen and oxygen atoms in total. The largest absolute Gasteiger partial charge is 0.323 e. The van der Waals surface area contributed by atoms with Gasteiger partial charge < -0.3 is 5.32 Å². The third kappa shape index (κ3) is 2.95. The Labute approximate surface area is 114 Å². The number of amides is 3. The number of carbonyl (C=O) groups is 2. The van der Waals surface area contributed by atoms with E-state index in [9.17, 15) is 9.59 Å². The molecule has 0 bridgehead atoms. The number of allylic oxidation sites excluding steroid dienone is 3. The minimum absolute atomic E-state index is 0.225. The number of hydrogen-bond acceptors (Lipinski definition) is 2. The van der Waals surface area contributed by atoms with E-state index in [4.69, 9.17) is 0 Å². The van der Waals surface area contributed by atoms with Gasteiger partial charge in [0.25, 0.3) is 5.91 Å². The molecule has 2 rings (SSSR count). The lowest BCUT2D eigenvalue weighted by atomic mass is 9.97. The summed E-state index contributed by atoms with van der Waals surface area (Å²) in [5, 5.41) is 5.05. The molecule has 0 aromatic rings. The van der Waals surface area contributed by atoms with Crippen molar-refractivity contribution in [2.75, 3.05) is 0 Å². The maximum atomic E-state index is 11.8. The van der Waals surface area contributed by atoms with E-state index in [1.807, 2.05) is 19.9 Å². The van der Waals surface area contributed by atoms with Gasteiger partial charge in [-0.2, -0.15) is 0 Å². The molecule has 0 aromatic heterocycles. The van der Waals surface area contributed by atoms with Gasteiger partial charge in [0.2, 0.25) is 0 Å². The fourth-order valence-corrected chi connectivity index (χ4v) is 2.47. The Morgan fingerprint density at radius 3 is 2.37 bits per heavy atom. The molecule has 1 saturated heterocycles. The molecule has 3 amide bonds. The zero-order valence-electron chi connectivity index (χ0n) is 11.9. The molecule has 2 fully saturated rings. The minimum Gasteiger partial charge on any atom is -0.323 e. The van der Waals surface area contributed by atoms with Crippen LogP contribution in [0.1, 0.15) is 40.0 Å². The van der Waals surface area contributed by atoms with Crippen LogP contribution < -0.4 is 10.6 Å². The van der Waals surface area contributed by atoms with Crippen molar-refractivity contribution in [3.63, 3.8) is 0 Å². The van der Waals surface area contributed by atoms with Crippen LogP contribution in [0.3, 0.4) is 0 Å². The average molecular weight is 262 g/mol. The fourth-order valence-electron chi connectivity index (χ4n) is 2.47. The quantitative estimate of drug-likeness (QED) is 0.752. The van der Waals surface area contributed by atoms with Gasteiger partial charge in [0.1, 0.15) is 5.54 Å². The van der Waals surface area contributed by atoms with Crippen molar-refractivity contribution in [2.45, 2.75) is 45.6 Å². The second kappa shape index (κ2) is 6.36. The zero-order valence-corrected chi connectivity index (χ0v) is 11.9. The third-order valence-corrected chi connectivity index (χ3v) is 3.18. The second-order valence-electron chi connectivity index (χ2n) is 4.41. The molecule has 104 valence electrons. The van der Waals surface area contributed by atoms with Crippen LogP contribution in [0, 0.1) is 0 Å². The second-order valence-corrected chi connectivity index (χ2v) is 4.41. The van der Waals surface area contributed by atoms with Crippen molar-refractivity contribution >= 4 is 11.9 Å². The van der Waals surface area contributed by atoms with E-state index >= 15 is 0 Å². The lowest BCUT2D eigenvalue weighted by Gasteiger charge is -2.17. The van der Waals surface area contributed by atoms with Gasteiger partial charge in [-0.3, -0.25) is 10.1 Å². The molecular formula is C15H22N2O2. The van der Waals surface area contributed by atoms with E-state index in [1.165, 1.54) is 0 Å². The minimum atomic E-state index is -0.771. The van der Waals surface area contributed by atoms with E-state index in [0.717, 1.165) is 17.6 Å². The van der Waals surface area contributed by atoms with E-state index in [1.54, 1.807) is 6.08 Å². The summed E-state index contributed by atoms with van der Waals surface area (Å²) < 4.78 is 0. The molecule has 2 N–H and O–H groups in total. The van der Waals surface area contributed by atoms with Gasteiger partial charge in [0.15, 0.2) is 0 Å². The molecule has 2 aliphatic rings. The Kier molecular flexibility index (Phi) is 5.10. The molecule has 1 heterocycles. The summed E-state index contributed by atoms with van der Waals surface area (Å²) >= 11 is 0. The van der Waals surface area contributed by atoms with Crippen LogP contribution in [-0.4, -0.2) is 17.5 Å². The van der Waals surface area contributed by atoms with Gasteiger partial charge in [-0.15, -0.1) is 0 Å². The van der Waals surface area contributed by atoms with Crippen LogP contribution >= 0.6 is 0 Å². The lowest BCUT2D eigenvalue weighted by molar-refractivity contribution is -0.123. The standard InChI is InChI=1S/C13H16N2O2.C2H6/c1-3-5-9-7-13(8-10(9)6-4-2)11(16)14-12(17)15-13;1-2/h3,5-6H,1,4,7-8H2,2H3,(H2,14,15,16,17);1-2H3/b9-5-,10-6-;. The highest BCUT2D eigenvalue weighted by molar-refractivity contribution is 6.08. The van der Waals surface area contributed by atoms with E-state index < -0.39 is 11.6 Å². The number of rotatable bonds is 2. The van der Waals surface area contributed by atoms with Crippen molar-refractivity contribution < 1.29 is 9.59 Å². The Balaban J connectivity index is 0.000000861. The van der Waals surface area contributed by atoms with Crippen molar-refractivity contribution in [1.82, 2.24) is 10.6 Å². The molecule has 1 aliphatic carbocycles. The highest BCUT2D eigenvalue weighted by Gasteiger charge is 2.50. The maximum absolute atomic E-state index is 11.8. The number of nitrogens with one attached hydrogen (secondary N) is 2. The average Bonchev–Trinajstić information content (AvgIpc) is 2.85. The summed E-state index contributed by atoms with van der Waals surface area (Å²) in [5.74, 6) is -0.225. The Bertz CT molecular complexity index is 449. The van der Waals surface area contributed by atoms with E-state index in [2.05, 4.69) is 30.2 Å². The number of carbonyl (C=O) groups excluding carboxylic acids is 2. The van der Waals surface area contributed by atoms with Crippen molar-refractivity contribution in [2.24, 2.45) is 0 Å². The first-order valence-corrected chi connectivity index (χ1v) is 6.76. The normalized spacial score (nSPS) is 29.2. The molecule has 0 radical (unpaired) electrons. The summed E-state index contributed by atoms with van der Waals surface area (Å²) in [6, 6.07) is -0.397. The molecular weight excluding hydrogens is 240 g/mol.